The van der Waals surface area contributed by atoms with Gasteiger partial charge in [-0.2, -0.15) is 5.26 Å². The molecule has 3 rings (SSSR count). The molecule has 7 heteroatoms. The Bertz CT molecular complexity index is 1020. The summed E-state index contributed by atoms with van der Waals surface area (Å²) in [6, 6.07) is 12.7. The summed E-state index contributed by atoms with van der Waals surface area (Å²) in [7, 11) is 0. The number of amides is 2. The topological polar surface area (TPSA) is 114 Å². The third-order valence-corrected chi connectivity index (χ3v) is 3.86. The molecule has 0 atom stereocenters. The first-order valence-electron chi connectivity index (χ1n) is 7.87. The molecule has 1 aromatic carbocycles. The minimum Gasteiger partial charge on any atom is -0.467 e. The fraction of sp³-hybridized carbons (Fsp3) is 0.105. The number of carbonyl (C=O) groups excluding carboxylic acids is 2. The van der Waals surface area contributed by atoms with Crippen LogP contribution in [0.5, 0.6) is 0 Å². The zero-order chi connectivity index (χ0) is 18.5. The van der Waals surface area contributed by atoms with Crippen LogP contribution >= 0.6 is 0 Å². The predicted octanol–water partition coefficient (Wildman–Crippen LogP) is 1.94. The number of benzene rings is 1. The SMILES string of the molecule is N#C/C(=C/c1cn(CC(=O)NCc2ccco2)c2ccccc12)C(N)=O. The number of nitrogens with one attached hydrogen (secondary N) is 1. The Morgan fingerprint density at radius 1 is 1.27 bits per heavy atom. The van der Waals surface area contributed by atoms with Gasteiger partial charge < -0.3 is 20.0 Å². The molecule has 2 aromatic heterocycles. The highest BCUT2D eigenvalue weighted by atomic mass is 16.3. The number of furan rings is 1. The standard InChI is InChI=1S/C19H16N4O3/c20-9-13(19(21)25)8-14-11-23(17-6-2-1-5-16(14)17)12-18(24)22-10-15-4-3-7-26-15/h1-8,11H,10,12H2,(H2,21,25)(H,22,24)/b13-8-. The van der Waals surface area contributed by atoms with Gasteiger partial charge in [-0.25, -0.2) is 0 Å². The highest BCUT2D eigenvalue weighted by Crippen LogP contribution is 2.23. The third-order valence-electron chi connectivity index (χ3n) is 3.86. The van der Waals surface area contributed by atoms with Crippen LogP contribution in [0.25, 0.3) is 17.0 Å². The minimum atomic E-state index is -0.791. The van der Waals surface area contributed by atoms with Gasteiger partial charge in [0.2, 0.25) is 5.91 Å². The maximum absolute atomic E-state index is 12.2. The normalized spacial score (nSPS) is 11.3. The smallest absolute Gasteiger partial charge is 0.259 e. The minimum absolute atomic E-state index is 0.0908. The molecule has 0 unspecified atom stereocenters. The van der Waals surface area contributed by atoms with Crippen molar-refractivity contribution in [2.45, 2.75) is 13.1 Å². The number of rotatable bonds is 6. The summed E-state index contributed by atoms with van der Waals surface area (Å²) in [5.74, 6) is -0.312. The lowest BCUT2D eigenvalue weighted by Gasteiger charge is -2.06. The molecule has 0 aliphatic carbocycles. The number of hydrogen-bond donors (Lipinski definition) is 2. The Morgan fingerprint density at radius 2 is 2.08 bits per heavy atom. The van der Waals surface area contributed by atoms with Gasteiger partial charge in [-0.1, -0.05) is 18.2 Å². The summed E-state index contributed by atoms with van der Waals surface area (Å²) >= 11 is 0. The van der Waals surface area contributed by atoms with E-state index in [0.717, 1.165) is 10.9 Å². The molecule has 0 saturated carbocycles. The van der Waals surface area contributed by atoms with Crippen molar-refractivity contribution in [1.82, 2.24) is 9.88 Å². The fourth-order valence-corrected chi connectivity index (χ4v) is 2.64. The van der Waals surface area contributed by atoms with Crippen molar-refractivity contribution in [3.8, 4) is 6.07 Å². The van der Waals surface area contributed by atoms with Gasteiger partial charge in [0.1, 0.15) is 23.9 Å². The van der Waals surface area contributed by atoms with Crippen LogP contribution in [0.2, 0.25) is 0 Å². The zero-order valence-corrected chi connectivity index (χ0v) is 13.8. The number of carbonyl (C=O) groups is 2. The van der Waals surface area contributed by atoms with Gasteiger partial charge in [-0.15, -0.1) is 0 Å². The molecule has 3 aromatic rings. The molecule has 0 bridgehead atoms. The average molecular weight is 348 g/mol. The summed E-state index contributed by atoms with van der Waals surface area (Å²) in [6.07, 6.45) is 4.70. The van der Waals surface area contributed by atoms with Crippen molar-refractivity contribution in [3.05, 3.63) is 65.8 Å². The maximum Gasteiger partial charge on any atom is 0.259 e. The highest BCUT2D eigenvalue weighted by Gasteiger charge is 2.12. The van der Waals surface area contributed by atoms with Crippen LogP contribution in [0.3, 0.4) is 0 Å². The van der Waals surface area contributed by atoms with E-state index >= 15 is 0 Å². The van der Waals surface area contributed by atoms with Crippen LogP contribution in [-0.4, -0.2) is 16.4 Å². The second kappa shape index (κ2) is 7.40. The van der Waals surface area contributed by atoms with Gasteiger partial charge in [-0.3, -0.25) is 9.59 Å². The highest BCUT2D eigenvalue weighted by molar-refractivity contribution is 6.03. The number of para-hydroxylation sites is 1. The molecule has 0 aliphatic heterocycles. The molecule has 0 spiro atoms. The molecular weight excluding hydrogens is 332 g/mol. The summed E-state index contributed by atoms with van der Waals surface area (Å²) in [5, 5.41) is 12.6. The lowest BCUT2D eigenvalue weighted by atomic mass is 10.1. The van der Waals surface area contributed by atoms with Gasteiger partial charge in [0.15, 0.2) is 0 Å². The van der Waals surface area contributed by atoms with Crippen molar-refractivity contribution in [3.63, 3.8) is 0 Å². The Kier molecular flexibility index (Phi) is 4.85. The Labute approximate surface area is 149 Å². The van der Waals surface area contributed by atoms with Gasteiger partial charge in [-0.05, 0) is 24.3 Å². The summed E-state index contributed by atoms with van der Waals surface area (Å²) in [5.41, 5.74) is 6.52. The van der Waals surface area contributed by atoms with Crippen molar-refractivity contribution in [2.75, 3.05) is 0 Å². The van der Waals surface area contributed by atoms with Crippen molar-refractivity contribution in [2.24, 2.45) is 5.73 Å². The molecule has 2 heterocycles. The number of nitriles is 1. The first-order valence-corrected chi connectivity index (χ1v) is 7.87. The Balaban J connectivity index is 1.86. The third kappa shape index (κ3) is 3.65. The number of nitrogens with two attached hydrogens (primary N) is 1. The van der Waals surface area contributed by atoms with Crippen LogP contribution < -0.4 is 11.1 Å². The van der Waals surface area contributed by atoms with Crippen molar-refractivity contribution < 1.29 is 14.0 Å². The number of hydrogen-bond acceptors (Lipinski definition) is 4. The summed E-state index contributed by atoms with van der Waals surface area (Å²) in [4.78, 5) is 23.5. The number of primary amides is 1. The lowest BCUT2D eigenvalue weighted by Crippen LogP contribution is -2.26. The molecular formula is C19H16N4O3. The predicted molar refractivity (Wildman–Crippen MR) is 95.3 cm³/mol. The van der Waals surface area contributed by atoms with E-state index in [2.05, 4.69) is 5.32 Å². The van der Waals surface area contributed by atoms with Crippen LogP contribution in [0.1, 0.15) is 11.3 Å². The molecule has 26 heavy (non-hydrogen) atoms. The van der Waals surface area contributed by atoms with E-state index in [1.807, 2.05) is 24.3 Å². The number of aromatic nitrogens is 1. The molecule has 0 fully saturated rings. The molecule has 7 nitrogen and oxygen atoms in total. The first-order chi connectivity index (χ1) is 12.6. The van der Waals surface area contributed by atoms with E-state index in [4.69, 9.17) is 15.4 Å². The number of nitrogens with zero attached hydrogens (tertiary/aromatic N) is 2. The van der Waals surface area contributed by atoms with Gasteiger partial charge in [0.25, 0.3) is 5.91 Å². The number of fused-ring (bicyclic) bond motifs is 1. The Morgan fingerprint density at radius 3 is 2.77 bits per heavy atom. The van der Waals surface area contributed by atoms with E-state index < -0.39 is 5.91 Å². The molecule has 0 saturated heterocycles. The maximum atomic E-state index is 12.2. The molecule has 3 N–H and O–H groups in total. The van der Waals surface area contributed by atoms with Gasteiger partial charge >= 0.3 is 0 Å². The fourth-order valence-electron chi connectivity index (χ4n) is 2.64. The van der Waals surface area contributed by atoms with E-state index in [9.17, 15) is 9.59 Å². The van der Waals surface area contributed by atoms with E-state index in [0.29, 0.717) is 17.9 Å². The molecule has 130 valence electrons. The van der Waals surface area contributed by atoms with Crippen molar-refractivity contribution >= 4 is 28.8 Å². The monoisotopic (exact) mass is 348 g/mol. The van der Waals surface area contributed by atoms with Crippen molar-refractivity contribution in [1.29, 1.82) is 5.26 Å². The molecule has 0 aliphatic rings. The zero-order valence-electron chi connectivity index (χ0n) is 13.8. The Hall–Kier alpha value is -3.79. The van der Waals surface area contributed by atoms with E-state index in [1.165, 1.54) is 6.08 Å². The van der Waals surface area contributed by atoms with Crippen LogP contribution in [-0.2, 0) is 22.7 Å². The average Bonchev–Trinajstić information content (AvgIpc) is 3.26. The first kappa shape index (κ1) is 17.0. The largest absolute Gasteiger partial charge is 0.467 e. The lowest BCUT2D eigenvalue weighted by molar-refractivity contribution is -0.121. The summed E-state index contributed by atoms with van der Waals surface area (Å²) in [6.45, 7) is 0.394. The second-order valence-electron chi connectivity index (χ2n) is 5.62. The van der Waals surface area contributed by atoms with Crippen LogP contribution in [0.4, 0.5) is 0 Å². The van der Waals surface area contributed by atoms with Gasteiger partial charge in [0, 0.05) is 22.7 Å². The molecule has 2 amide bonds. The van der Waals surface area contributed by atoms with E-state index in [-0.39, 0.29) is 18.0 Å². The van der Waals surface area contributed by atoms with Crippen LogP contribution in [0, 0.1) is 11.3 Å². The molecule has 0 radical (unpaired) electrons. The van der Waals surface area contributed by atoms with E-state index in [1.54, 1.807) is 35.2 Å². The summed E-state index contributed by atoms with van der Waals surface area (Å²) < 4.78 is 6.94. The van der Waals surface area contributed by atoms with Crippen LogP contribution in [0.15, 0.2) is 58.8 Å². The second-order valence-corrected chi connectivity index (χ2v) is 5.62. The van der Waals surface area contributed by atoms with Gasteiger partial charge in [0.05, 0.1) is 12.8 Å². The quantitative estimate of drug-likeness (QED) is 0.523.